The van der Waals surface area contributed by atoms with Crippen LogP contribution < -0.4 is 0 Å². The van der Waals surface area contributed by atoms with Crippen LogP contribution in [0.25, 0.3) is 11.8 Å². The Morgan fingerprint density at radius 3 is 2.50 bits per heavy atom. The lowest BCUT2D eigenvalue weighted by molar-refractivity contribution is -0.130. The van der Waals surface area contributed by atoms with Gasteiger partial charge in [0.15, 0.2) is 0 Å². The molecule has 5 heteroatoms. The number of carbonyl (C=O) groups is 3. The topological polar surface area (TPSA) is 76.4 Å². The summed E-state index contributed by atoms with van der Waals surface area (Å²) in [5, 5.41) is 9.43. The first-order valence-corrected chi connectivity index (χ1v) is 6.85. The van der Waals surface area contributed by atoms with Crippen molar-refractivity contribution >= 4 is 29.3 Å². The van der Waals surface area contributed by atoms with Crippen molar-refractivity contribution in [3.8, 4) is 0 Å². The third kappa shape index (κ3) is 2.48. The first-order valence-electron chi connectivity index (χ1n) is 6.85. The highest BCUT2D eigenvalue weighted by Gasteiger charge is 2.27. The molecule has 0 atom stereocenters. The maximum Gasteiger partial charge on any atom is 0.352 e. The second-order valence-electron chi connectivity index (χ2n) is 5.10. The number of hydrogen-bond donors (Lipinski definition) is 1. The summed E-state index contributed by atoms with van der Waals surface area (Å²) < 4.78 is 1.40. The fraction of sp³-hybridized carbons (Fsp3) is 0.118. The molecule has 0 spiro atoms. The zero-order chi connectivity index (χ0) is 15.7. The molecule has 0 bridgehead atoms. The number of aromatic nitrogens is 1. The van der Waals surface area contributed by atoms with Gasteiger partial charge in [0, 0.05) is 24.4 Å². The maximum atomic E-state index is 11.9. The van der Waals surface area contributed by atoms with E-state index in [9.17, 15) is 19.5 Å². The van der Waals surface area contributed by atoms with Crippen LogP contribution in [-0.2, 0) is 16.0 Å². The first-order chi connectivity index (χ1) is 10.6. The highest BCUT2D eigenvalue weighted by atomic mass is 16.4. The van der Waals surface area contributed by atoms with Crippen LogP contribution in [0.5, 0.6) is 0 Å². The fourth-order valence-corrected chi connectivity index (χ4v) is 2.51. The Labute approximate surface area is 126 Å². The molecule has 0 radical (unpaired) electrons. The van der Waals surface area contributed by atoms with E-state index in [1.54, 1.807) is 18.3 Å². The van der Waals surface area contributed by atoms with E-state index >= 15 is 0 Å². The van der Waals surface area contributed by atoms with Gasteiger partial charge in [-0.2, -0.15) is 0 Å². The van der Waals surface area contributed by atoms with Gasteiger partial charge in [0.2, 0.25) is 11.6 Å². The third-order valence-corrected chi connectivity index (χ3v) is 3.63. The zero-order valence-corrected chi connectivity index (χ0v) is 11.7. The van der Waals surface area contributed by atoms with Gasteiger partial charge in [0.1, 0.15) is 5.70 Å². The molecule has 0 saturated carbocycles. The minimum absolute atomic E-state index is 0.0286. The molecule has 5 nitrogen and oxygen atoms in total. The number of rotatable bonds is 3. The summed E-state index contributed by atoms with van der Waals surface area (Å²) in [6.45, 7) is 0. The normalized spacial score (nSPS) is 14.8. The van der Waals surface area contributed by atoms with Crippen LogP contribution in [0.3, 0.4) is 0 Å². The minimum atomic E-state index is -1.10. The molecule has 0 amide bonds. The van der Waals surface area contributed by atoms with E-state index in [1.165, 1.54) is 16.8 Å². The summed E-state index contributed by atoms with van der Waals surface area (Å²) in [7, 11) is 0. The van der Waals surface area contributed by atoms with Crippen molar-refractivity contribution in [1.29, 1.82) is 0 Å². The minimum Gasteiger partial charge on any atom is -0.477 e. The quantitative estimate of drug-likeness (QED) is 0.696. The van der Waals surface area contributed by atoms with Crippen LogP contribution in [0.4, 0.5) is 0 Å². The van der Waals surface area contributed by atoms with Crippen molar-refractivity contribution in [2.75, 3.05) is 0 Å². The number of Topliss-reactive ketones (excluding diaryl/α,β-unsaturated/α-hetero) is 2. The van der Waals surface area contributed by atoms with Gasteiger partial charge in [0.25, 0.3) is 0 Å². The van der Waals surface area contributed by atoms with E-state index in [0.29, 0.717) is 17.5 Å². The fourth-order valence-electron chi connectivity index (χ4n) is 2.51. The van der Waals surface area contributed by atoms with Gasteiger partial charge in [-0.05, 0) is 23.6 Å². The summed E-state index contributed by atoms with van der Waals surface area (Å²) in [5.41, 5.74) is 1.79. The number of ketones is 2. The molecular weight excluding hydrogens is 282 g/mol. The van der Waals surface area contributed by atoms with E-state index < -0.39 is 17.5 Å². The number of carbonyl (C=O) groups excluding carboxylic acids is 2. The van der Waals surface area contributed by atoms with Crippen LogP contribution >= 0.6 is 0 Å². The predicted molar refractivity (Wildman–Crippen MR) is 80.3 cm³/mol. The van der Waals surface area contributed by atoms with Crippen molar-refractivity contribution < 1.29 is 19.5 Å². The van der Waals surface area contributed by atoms with E-state index in [0.717, 1.165) is 5.56 Å². The Morgan fingerprint density at radius 2 is 1.82 bits per heavy atom. The van der Waals surface area contributed by atoms with Gasteiger partial charge in [-0.15, -0.1) is 0 Å². The van der Waals surface area contributed by atoms with Gasteiger partial charge in [-0.3, -0.25) is 9.59 Å². The molecule has 0 fully saturated rings. The van der Waals surface area contributed by atoms with Crippen LogP contribution in [0, 0.1) is 0 Å². The number of aryl methyl sites for hydroxylation is 1. The number of nitrogens with zero attached hydrogens (tertiary/aromatic N) is 1. The van der Waals surface area contributed by atoms with E-state index in [2.05, 4.69) is 0 Å². The molecule has 1 heterocycles. The van der Waals surface area contributed by atoms with Crippen molar-refractivity contribution in [3.63, 3.8) is 0 Å². The second-order valence-corrected chi connectivity index (χ2v) is 5.10. The summed E-state index contributed by atoms with van der Waals surface area (Å²) in [4.78, 5) is 34.8. The molecule has 0 aliphatic heterocycles. The lowest BCUT2D eigenvalue weighted by Gasteiger charge is -2.06. The van der Waals surface area contributed by atoms with Crippen LogP contribution in [-0.4, -0.2) is 27.2 Å². The Bertz CT molecular complexity index is 799. The summed E-state index contributed by atoms with van der Waals surface area (Å²) in [6.07, 6.45) is 5.21. The van der Waals surface area contributed by atoms with Gasteiger partial charge in [-0.1, -0.05) is 30.3 Å². The highest BCUT2D eigenvalue weighted by molar-refractivity contribution is 6.44. The lowest BCUT2D eigenvalue weighted by atomic mass is 9.94. The van der Waals surface area contributed by atoms with Crippen molar-refractivity contribution in [1.82, 2.24) is 4.57 Å². The van der Waals surface area contributed by atoms with Crippen molar-refractivity contribution in [3.05, 3.63) is 59.4 Å². The number of carboxylic acids is 1. The molecule has 1 aromatic carbocycles. The molecule has 22 heavy (non-hydrogen) atoms. The molecule has 1 aliphatic rings. The average molecular weight is 295 g/mol. The summed E-state index contributed by atoms with van der Waals surface area (Å²) >= 11 is 0. The van der Waals surface area contributed by atoms with Crippen LogP contribution in [0.15, 0.2) is 42.7 Å². The molecule has 0 saturated heterocycles. The first kappa shape index (κ1) is 14.0. The predicted octanol–water partition coefficient (Wildman–Crippen LogP) is 2.27. The standard InChI is InChI=1S/C17H13NO4/c19-15-7-6-12-9-18(10-13(12)16(15)20)14(17(21)22)8-11-4-2-1-3-5-11/h1-5,8-10H,6-7H2,(H,21,22)/b14-8+. The molecule has 1 aliphatic carbocycles. The van der Waals surface area contributed by atoms with Gasteiger partial charge >= 0.3 is 5.97 Å². The SMILES string of the molecule is O=C1CCc2cn(/C(=C/c3ccccc3)C(=O)O)cc2C1=O. The molecule has 0 unspecified atom stereocenters. The number of hydrogen-bond acceptors (Lipinski definition) is 3. The Morgan fingerprint density at radius 1 is 1.09 bits per heavy atom. The number of fused-ring (bicyclic) bond motifs is 1. The van der Waals surface area contributed by atoms with Gasteiger partial charge < -0.3 is 9.67 Å². The van der Waals surface area contributed by atoms with Gasteiger partial charge in [0.05, 0.1) is 0 Å². The highest BCUT2D eigenvalue weighted by Crippen LogP contribution is 2.23. The summed E-state index contributed by atoms with van der Waals surface area (Å²) in [5.74, 6) is -2.06. The molecule has 1 N–H and O–H groups in total. The largest absolute Gasteiger partial charge is 0.477 e. The average Bonchev–Trinajstić information content (AvgIpc) is 2.94. The van der Waals surface area contributed by atoms with Crippen molar-refractivity contribution in [2.24, 2.45) is 0 Å². The molecule has 110 valence electrons. The smallest absolute Gasteiger partial charge is 0.352 e. The third-order valence-electron chi connectivity index (χ3n) is 3.63. The molecule has 3 rings (SSSR count). The molecule has 1 aromatic heterocycles. The number of benzene rings is 1. The van der Waals surface area contributed by atoms with Crippen LogP contribution in [0.2, 0.25) is 0 Å². The van der Waals surface area contributed by atoms with Gasteiger partial charge in [-0.25, -0.2) is 4.79 Å². The number of carboxylic acid groups (broad SMARTS) is 1. The van der Waals surface area contributed by atoms with E-state index in [4.69, 9.17) is 0 Å². The molecule has 2 aromatic rings. The van der Waals surface area contributed by atoms with E-state index in [-0.39, 0.29) is 12.1 Å². The zero-order valence-electron chi connectivity index (χ0n) is 11.7. The summed E-state index contributed by atoms with van der Waals surface area (Å²) in [6, 6.07) is 9.06. The molecular formula is C17H13NO4. The number of aliphatic carboxylic acids is 1. The van der Waals surface area contributed by atoms with Crippen molar-refractivity contribution in [2.45, 2.75) is 12.8 Å². The Balaban J connectivity index is 2.06. The lowest BCUT2D eigenvalue weighted by Crippen LogP contribution is -2.20. The monoisotopic (exact) mass is 295 g/mol. The second kappa shape index (κ2) is 5.44. The maximum absolute atomic E-state index is 11.9. The van der Waals surface area contributed by atoms with Crippen LogP contribution in [0.1, 0.15) is 27.9 Å². The Kier molecular flexibility index (Phi) is 3.47. The van der Waals surface area contributed by atoms with E-state index in [1.807, 2.05) is 18.2 Å². The Hall–Kier alpha value is -2.95.